The van der Waals surface area contributed by atoms with Crippen molar-refractivity contribution in [3.63, 3.8) is 0 Å². The van der Waals surface area contributed by atoms with Crippen molar-refractivity contribution in [3.8, 4) is 0 Å². The summed E-state index contributed by atoms with van der Waals surface area (Å²) in [5.74, 6) is 0.909. The zero-order valence-corrected chi connectivity index (χ0v) is 9.61. The van der Waals surface area contributed by atoms with Crippen LogP contribution in [0.4, 0.5) is 0 Å². The molecule has 15 heavy (non-hydrogen) atoms. The van der Waals surface area contributed by atoms with Crippen LogP contribution in [0.15, 0.2) is 0 Å². The van der Waals surface area contributed by atoms with Gasteiger partial charge in [-0.25, -0.2) is 0 Å². The van der Waals surface area contributed by atoms with E-state index in [-0.39, 0.29) is 0 Å². The van der Waals surface area contributed by atoms with Crippen LogP contribution in [-0.4, -0.2) is 49.3 Å². The van der Waals surface area contributed by atoms with Crippen LogP contribution in [0.5, 0.6) is 0 Å². The van der Waals surface area contributed by atoms with Gasteiger partial charge in [0.25, 0.3) is 0 Å². The Morgan fingerprint density at radius 3 is 2.80 bits per heavy atom. The van der Waals surface area contributed by atoms with Crippen LogP contribution in [0.1, 0.15) is 26.2 Å². The minimum Gasteiger partial charge on any atom is -0.377 e. The third-order valence-corrected chi connectivity index (χ3v) is 4.44. The van der Waals surface area contributed by atoms with E-state index in [1.807, 2.05) is 0 Å². The van der Waals surface area contributed by atoms with Crippen molar-refractivity contribution < 1.29 is 4.74 Å². The van der Waals surface area contributed by atoms with Gasteiger partial charge in [0, 0.05) is 25.2 Å². The zero-order valence-electron chi connectivity index (χ0n) is 9.61. The normalized spacial score (nSPS) is 49.8. The van der Waals surface area contributed by atoms with E-state index in [1.54, 1.807) is 0 Å². The van der Waals surface area contributed by atoms with E-state index in [0.29, 0.717) is 12.1 Å². The molecule has 0 amide bonds. The first-order valence-electron chi connectivity index (χ1n) is 6.43. The molecule has 3 nitrogen and oxygen atoms in total. The van der Waals surface area contributed by atoms with Gasteiger partial charge < -0.3 is 15.0 Å². The van der Waals surface area contributed by atoms with Crippen LogP contribution in [0.2, 0.25) is 0 Å². The molecule has 3 fully saturated rings. The lowest BCUT2D eigenvalue weighted by molar-refractivity contribution is 0.105. The first-order chi connectivity index (χ1) is 7.33. The third-order valence-electron chi connectivity index (χ3n) is 4.44. The lowest BCUT2D eigenvalue weighted by atomic mass is 9.93. The smallest absolute Gasteiger partial charge is 0.0700 e. The van der Waals surface area contributed by atoms with Gasteiger partial charge in [0.2, 0.25) is 0 Å². The Morgan fingerprint density at radius 1 is 1.13 bits per heavy atom. The molecule has 5 unspecified atom stereocenters. The largest absolute Gasteiger partial charge is 0.377 e. The predicted molar refractivity (Wildman–Crippen MR) is 59.9 cm³/mol. The van der Waals surface area contributed by atoms with Gasteiger partial charge in [0.05, 0.1) is 6.10 Å². The number of piperidine rings is 1. The van der Waals surface area contributed by atoms with Gasteiger partial charge in [0.1, 0.15) is 0 Å². The highest BCUT2D eigenvalue weighted by molar-refractivity contribution is 4.93. The fraction of sp³-hybridized carbons (Fsp3) is 1.00. The summed E-state index contributed by atoms with van der Waals surface area (Å²) in [5.41, 5.74) is 0. The Hall–Kier alpha value is -0.120. The Kier molecular flexibility index (Phi) is 2.71. The standard InChI is InChI=1S/C12H22N2O/c1-9-11(4-7-15-9)13-12-3-6-14-5-2-10(12)8-14/h9-13H,2-8H2,1H3. The zero-order chi connectivity index (χ0) is 10.3. The van der Waals surface area contributed by atoms with Crippen molar-refractivity contribution in [2.45, 2.75) is 44.4 Å². The minimum atomic E-state index is 0.421. The first kappa shape index (κ1) is 10.1. The molecule has 3 saturated heterocycles. The molecule has 1 N–H and O–H groups in total. The Balaban J connectivity index is 1.58. The van der Waals surface area contributed by atoms with E-state index in [1.165, 1.54) is 38.9 Å². The molecule has 0 aromatic heterocycles. The molecule has 3 aliphatic heterocycles. The van der Waals surface area contributed by atoms with Gasteiger partial charge in [0.15, 0.2) is 0 Å². The summed E-state index contributed by atoms with van der Waals surface area (Å²) in [6.07, 6.45) is 4.37. The fourth-order valence-electron chi connectivity index (χ4n) is 3.40. The van der Waals surface area contributed by atoms with Crippen LogP contribution in [0, 0.1) is 5.92 Å². The molecule has 3 heteroatoms. The van der Waals surface area contributed by atoms with Crippen molar-refractivity contribution in [3.05, 3.63) is 0 Å². The summed E-state index contributed by atoms with van der Waals surface area (Å²) in [5, 5.41) is 3.84. The van der Waals surface area contributed by atoms with Crippen LogP contribution >= 0.6 is 0 Å². The molecule has 3 aliphatic rings. The lowest BCUT2D eigenvalue weighted by Crippen LogP contribution is -2.49. The van der Waals surface area contributed by atoms with Crippen molar-refractivity contribution >= 4 is 0 Å². The number of hydrogen-bond acceptors (Lipinski definition) is 3. The molecule has 0 spiro atoms. The minimum absolute atomic E-state index is 0.421. The number of rotatable bonds is 2. The van der Waals surface area contributed by atoms with Crippen LogP contribution in [0.25, 0.3) is 0 Å². The number of ether oxygens (including phenoxy) is 1. The molecule has 3 rings (SSSR count). The Morgan fingerprint density at radius 2 is 2.00 bits per heavy atom. The van der Waals surface area contributed by atoms with E-state index in [0.717, 1.165) is 18.6 Å². The second-order valence-corrected chi connectivity index (χ2v) is 5.38. The summed E-state index contributed by atoms with van der Waals surface area (Å²) in [4.78, 5) is 2.61. The summed E-state index contributed by atoms with van der Waals surface area (Å²) in [6.45, 7) is 7.12. The number of nitrogens with one attached hydrogen (secondary N) is 1. The molecule has 0 aromatic rings. The molecule has 0 saturated carbocycles. The van der Waals surface area contributed by atoms with Gasteiger partial charge >= 0.3 is 0 Å². The summed E-state index contributed by atoms with van der Waals surface area (Å²) in [7, 11) is 0. The predicted octanol–water partition coefficient (Wildman–Crippen LogP) is 0.848. The van der Waals surface area contributed by atoms with Crippen LogP contribution < -0.4 is 5.32 Å². The van der Waals surface area contributed by atoms with E-state index >= 15 is 0 Å². The third kappa shape index (κ3) is 1.93. The number of hydrogen-bond donors (Lipinski definition) is 1. The van der Waals surface area contributed by atoms with E-state index < -0.39 is 0 Å². The van der Waals surface area contributed by atoms with E-state index in [4.69, 9.17) is 4.74 Å². The van der Waals surface area contributed by atoms with Gasteiger partial charge in [-0.1, -0.05) is 0 Å². The van der Waals surface area contributed by atoms with Crippen molar-refractivity contribution in [2.75, 3.05) is 26.2 Å². The fourth-order valence-corrected chi connectivity index (χ4v) is 3.40. The van der Waals surface area contributed by atoms with Crippen molar-refractivity contribution in [2.24, 2.45) is 5.92 Å². The molecule has 2 bridgehead atoms. The maximum atomic E-state index is 5.61. The van der Waals surface area contributed by atoms with E-state index in [2.05, 4.69) is 17.1 Å². The van der Waals surface area contributed by atoms with E-state index in [9.17, 15) is 0 Å². The molecule has 5 atom stereocenters. The molecule has 0 aliphatic carbocycles. The topological polar surface area (TPSA) is 24.5 Å². The van der Waals surface area contributed by atoms with Gasteiger partial charge in [-0.3, -0.25) is 0 Å². The van der Waals surface area contributed by atoms with Gasteiger partial charge in [-0.05, 0) is 45.2 Å². The van der Waals surface area contributed by atoms with Crippen LogP contribution in [0.3, 0.4) is 0 Å². The number of fused-ring (bicyclic) bond motifs is 2. The Labute approximate surface area is 92.2 Å². The Bertz CT molecular complexity index is 234. The monoisotopic (exact) mass is 210 g/mol. The number of nitrogens with zero attached hydrogens (tertiary/aromatic N) is 1. The average Bonchev–Trinajstić information content (AvgIpc) is 2.80. The van der Waals surface area contributed by atoms with Crippen molar-refractivity contribution in [1.29, 1.82) is 0 Å². The lowest BCUT2D eigenvalue weighted by Gasteiger charge is -2.33. The molecular formula is C12H22N2O. The molecule has 0 radical (unpaired) electrons. The molecule has 3 heterocycles. The summed E-state index contributed by atoms with van der Waals surface area (Å²) >= 11 is 0. The first-order valence-corrected chi connectivity index (χ1v) is 6.43. The second kappa shape index (κ2) is 4.04. The second-order valence-electron chi connectivity index (χ2n) is 5.38. The van der Waals surface area contributed by atoms with Crippen molar-refractivity contribution in [1.82, 2.24) is 10.2 Å². The molecule has 0 aromatic carbocycles. The SMILES string of the molecule is CC1OCCC1NC1CCN2CCC1C2. The van der Waals surface area contributed by atoms with Gasteiger partial charge in [-0.15, -0.1) is 0 Å². The van der Waals surface area contributed by atoms with Gasteiger partial charge in [-0.2, -0.15) is 0 Å². The van der Waals surface area contributed by atoms with Crippen LogP contribution in [-0.2, 0) is 4.74 Å². The summed E-state index contributed by atoms with van der Waals surface area (Å²) < 4.78 is 5.61. The maximum absolute atomic E-state index is 5.61. The summed E-state index contributed by atoms with van der Waals surface area (Å²) in [6, 6.07) is 1.38. The maximum Gasteiger partial charge on any atom is 0.0700 e. The average molecular weight is 210 g/mol. The highest BCUT2D eigenvalue weighted by atomic mass is 16.5. The quantitative estimate of drug-likeness (QED) is 0.731. The molecule has 86 valence electrons. The highest BCUT2D eigenvalue weighted by Gasteiger charge is 2.36. The highest BCUT2D eigenvalue weighted by Crippen LogP contribution is 2.28. The molecular weight excluding hydrogens is 188 g/mol.